The molecule has 55 heavy (non-hydrogen) atoms. The minimum absolute atomic E-state index is 0.000800. The monoisotopic (exact) mass is 762 g/mol. The van der Waals surface area contributed by atoms with Gasteiger partial charge in [-0.05, 0) is 93.8 Å². The van der Waals surface area contributed by atoms with E-state index in [1.54, 1.807) is 0 Å². The van der Waals surface area contributed by atoms with Gasteiger partial charge in [-0.2, -0.15) is 23.1 Å². The standard InChI is InChI=1S/C41H43F5N6O3/c1-3-24-19-51-25(18-47-24)9-11-31-33-36(34(43)35(48-31)29-17-27(53)16-23-8-10-30(42)28(4-2)32(23)29)49-39(50-38(33)51)55-21-40-13-5-15-52(40)26(12-14-40)20-54-37(22-6-7-22)41(44,45)46/h2,8,10,16-17,22,24-26,37,47,53H,3,5-7,9,11-15,18-21H2,1H3/t24-,25-,26+,37?,40+/m1/s1. The Balaban J connectivity index is 1.11. The van der Waals surface area contributed by atoms with E-state index in [0.29, 0.717) is 80.4 Å². The number of benzene rings is 2. The SMILES string of the molecule is C#Cc1c(F)ccc2cc(O)cc(-c3nc4c5c(nc(OC[C@@]67CCCN6[C@H](COC(C6CC6)C(F)(F)F)CC7)nc5c3F)N3C[C@@H](CC)NC[C@H]3CC4)c12. The third kappa shape index (κ3) is 6.32. The summed E-state index contributed by atoms with van der Waals surface area (Å²) in [5.74, 6) is 0.878. The number of hydrogen-bond donors (Lipinski definition) is 2. The van der Waals surface area contributed by atoms with Crippen molar-refractivity contribution in [1.82, 2.24) is 25.2 Å². The number of hydrogen-bond acceptors (Lipinski definition) is 9. The second kappa shape index (κ2) is 13.7. The van der Waals surface area contributed by atoms with Crippen LogP contribution >= 0.6 is 0 Å². The van der Waals surface area contributed by atoms with Crippen LogP contribution in [0, 0.1) is 29.9 Å². The third-order valence-electron chi connectivity index (χ3n) is 12.6. The quantitative estimate of drug-likeness (QED) is 0.138. The number of nitrogens with zero attached hydrogens (tertiary/aromatic N) is 5. The van der Waals surface area contributed by atoms with Crippen LogP contribution in [0.1, 0.15) is 69.5 Å². The molecule has 2 N–H and O–H groups in total. The molecule has 2 aromatic heterocycles. The number of piperazine rings is 1. The van der Waals surface area contributed by atoms with E-state index >= 15 is 8.78 Å². The van der Waals surface area contributed by atoms with Crippen molar-refractivity contribution in [3.8, 4) is 35.4 Å². The topological polar surface area (TPSA) is 95.9 Å². The summed E-state index contributed by atoms with van der Waals surface area (Å²) in [7, 11) is 0. The van der Waals surface area contributed by atoms with Gasteiger partial charge in [0.05, 0.1) is 28.8 Å². The number of aromatic hydroxyl groups is 1. The van der Waals surface area contributed by atoms with Gasteiger partial charge in [0.25, 0.3) is 0 Å². The van der Waals surface area contributed by atoms with Gasteiger partial charge in [-0.15, -0.1) is 6.42 Å². The molecule has 9 nitrogen and oxygen atoms in total. The summed E-state index contributed by atoms with van der Waals surface area (Å²) < 4.78 is 85.7. The number of alkyl halides is 3. The molecule has 1 unspecified atom stereocenters. The Labute approximate surface area is 315 Å². The number of pyridine rings is 1. The van der Waals surface area contributed by atoms with Crippen molar-refractivity contribution in [1.29, 1.82) is 0 Å². The Morgan fingerprint density at radius 2 is 1.93 bits per heavy atom. The van der Waals surface area contributed by atoms with E-state index in [0.717, 1.165) is 19.3 Å². The first kappa shape index (κ1) is 36.3. The largest absolute Gasteiger partial charge is 0.508 e. The van der Waals surface area contributed by atoms with Gasteiger partial charge in [0, 0.05) is 42.2 Å². The summed E-state index contributed by atoms with van der Waals surface area (Å²) in [4.78, 5) is 19.0. The van der Waals surface area contributed by atoms with Crippen molar-refractivity contribution in [2.45, 2.75) is 101 Å². The van der Waals surface area contributed by atoms with E-state index in [1.807, 2.05) is 0 Å². The fourth-order valence-electron chi connectivity index (χ4n) is 9.65. The van der Waals surface area contributed by atoms with Crippen molar-refractivity contribution in [3.05, 3.63) is 47.2 Å². The summed E-state index contributed by atoms with van der Waals surface area (Å²) in [6, 6.07) is 5.52. The van der Waals surface area contributed by atoms with E-state index in [9.17, 15) is 18.3 Å². The van der Waals surface area contributed by atoms with Gasteiger partial charge in [-0.25, -0.2) is 13.8 Å². The second-order valence-corrected chi connectivity index (χ2v) is 15.9. The average molecular weight is 763 g/mol. The van der Waals surface area contributed by atoms with Crippen molar-refractivity contribution in [2.24, 2.45) is 5.92 Å². The van der Waals surface area contributed by atoms with Crippen LogP contribution in [0.25, 0.3) is 32.9 Å². The molecule has 9 rings (SSSR count). The van der Waals surface area contributed by atoms with E-state index in [1.165, 1.54) is 24.3 Å². The van der Waals surface area contributed by atoms with E-state index in [-0.39, 0.29) is 70.8 Å². The molecule has 1 saturated carbocycles. The molecule has 1 aliphatic carbocycles. The predicted octanol–water partition coefficient (Wildman–Crippen LogP) is 7.05. The summed E-state index contributed by atoms with van der Waals surface area (Å²) in [6.45, 7) is 4.33. The van der Waals surface area contributed by atoms with Crippen LogP contribution in [0.2, 0.25) is 0 Å². The lowest BCUT2D eigenvalue weighted by molar-refractivity contribution is -0.230. The lowest BCUT2D eigenvalue weighted by Gasteiger charge is -2.40. The molecule has 6 heterocycles. The summed E-state index contributed by atoms with van der Waals surface area (Å²) in [5, 5.41) is 15.5. The lowest BCUT2D eigenvalue weighted by atomic mass is 9.95. The minimum atomic E-state index is -4.39. The predicted molar refractivity (Wildman–Crippen MR) is 197 cm³/mol. The molecule has 0 bridgehead atoms. The number of aryl methyl sites for hydroxylation is 1. The molecular formula is C41H43F5N6O3. The molecule has 2 aromatic carbocycles. The number of rotatable bonds is 9. The first-order valence-corrected chi connectivity index (χ1v) is 19.4. The smallest absolute Gasteiger partial charge is 0.414 e. The highest BCUT2D eigenvalue weighted by atomic mass is 19.4. The summed E-state index contributed by atoms with van der Waals surface area (Å²) in [6.07, 6.45) is 5.82. The van der Waals surface area contributed by atoms with Crippen molar-refractivity contribution < 1.29 is 36.5 Å². The van der Waals surface area contributed by atoms with E-state index in [2.05, 4.69) is 28.0 Å². The normalized spacial score (nSPS) is 25.8. The minimum Gasteiger partial charge on any atom is -0.508 e. The number of ether oxygens (including phenoxy) is 2. The molecule has 0 spiro atoms. The van der Waals surface area contributed by atoms with Crippen molar-refractivity contribution >= 4 is 27.5 Å². The van der Waals surface area contributed by atoms with Crippen molar-refractivity contribution in [3.63, 3.8) is 0 Å². The first-order chi connectivity index (χ1) is 26.5. The zero-order valence-electron chi connectivity index (χ0n) is 30.6. The highest BCUT2D eigenvalue weighted by molar-refractivity contribution is 6.03. The molecule has 3 saturated heterocycles. The number of fused-ring (bicyclic) bond motifs is 4. The average Bonchev–Trinajstić information content (AvgIpc) is 3.85. The fraction of sp³-hybridized carbons (Fsp3) is 0.537. The molecular weight excluding hydrogens is 719 g/mol. The Morgan fingerprint density at radius 1 is 1.09 bits per heavy atom. The highest BCUT2D eigenvalue weighted by Crippen LogP contribution is 2.46. The fourth-order valence-corrected chi connectivity index (χ4v) is 9.65. The third-order valence-corrected chi connectivity index (χ3v) is 12.6. The molecule has 4 aromatic rings. The van der Waals surface area contributed by atoms with Crippen molar-refractivity contribution in [2.75, 3.05) is 37.7 Å². The Hall–Kier alpha value is -4.32. The molecule has 4 aliphatic heterocycles. The maximum absolute atomic E-state index is 17.3. The van der Waals surface area contributed by atoms with Crippen LogP contribution in [0.3, 0.4) is 0 Å². The maximum Gasteiger partial charge on any atom is 0.414 e. The number of nitrogens with one attached hydrogen (secondary N) is 1. The van der Waals surface area contributed by atoms with E-state index < -0.39 is 35.4 Å². The first-order valence-electron chi connectivity index (χ1n) is 19.4. The van der Waals surface area contributed by atoms with Crippen LogP contribution in [-0.4, -0.2) is 93.8 Å². The van der Waals surface area contributed by atoms with Crippen LogP contribution in [-0.2, 0) is 11.2 Å². The molecule has 0 amide bonds. The number of terminal acetylenes is 1. The van der Waals surface area contributed by atoms with Gasteiger partial charge in [0.15, 0.2) is 11.9 Å². The highest BCUT2D eigenvalue weighted by Gasteiger charge is 2.53. The van der Waals surface area contributed by atoms with Crippen LogP contribution < -0.4 is 15.0 Å². The van der Waals surface area contributed by atoms with Gasteiger partial charge in [0.1, 0.15) is 35.2 Å². The van der Waals surface area contributed by atoms with Crippen LogP contribution in [0.15, 0.2) is 24.3 Å². The number of halogens is 5. The Bertz CT molecular complexity index is 2210. The number of aromatic nitrogens is 3. The summed E-state index contributed by atoms with van der Waals surface area (Å²) in [5.41, 5.74) is 0.0926. The lowest BCUT2D eigenvalue weighted by Crippen LogP contribution is -2.56. The number of phenolic OH excluding ortho intramolecular Hbond substituents is 1. The van der Waals surface area contributed by atoms with Gasteiger partial charge in [-0.1, -0.05) is 18.9 Å². The molecule has 5 aliphatic rings. The maximum atomic E-state index is 17.3. The van der Waals surface area contributed by atoms with Crippen LogP contribution in [0.5, 0.6) is 11.8 Å². The number of phenols is 1. The molecule has 4 fully saturated rings. The van der Waals surface area contributed by atoms with Gasteiger partial charge in [0.2, 0.25) is 0 Å². The molecule has 5 atom stereocenters. The second-order valence-electron chi connectivity index (χ2n) is 15.9. The number of anilines is 1. The molecule has 290 valence electrons. The zero-order chi connectivity index (χ0) is 38.2. The van der Waals surface area contributed by atoms with Gasteiger partial charge >= 0.3 is 12.2 Å². The summed E-state index contributed by atoms with van der Waals surface area (Å²) >= 11 is 0. The molecule has 0 radical (unpaired) electrons. The Kier molecular flexibility index (Phi) is 9.05. The van der Waals surface area contributed by atoms with Crippen LogP contribution in [0.4, 0.5) is 27.8 Å². The van der Waals surface area contributed by atoms with Gasteiger partial charge < -0.3 is 24.8 Å². The van der Waals surface area contributed by atoms with E-state index in [4.69, 9.17) is 30.8 Å². The Morgan fingerprint density at radius 3 is 2.69 bits per heavy atom. The molecule has 14 heteroatoms. The zero-order valence-corrected chi connectivity index (χ0v) is 30.6. The van der Waals surface area contributed by atoms with Gasteiger partial charge in [-0.3, -0.25) is 4.90 Å².